The molecule has 0 rings (SSSR count). The monoisotopic (exact) mass is 124 g/mol. The van der Waals surface area contributed by atoms with Gasteiger partial charge in [-0.15, -0.1) is 0 Å². The van der Waals surface area contributed by atoms with Crippen LogP contribution in [-0.4, -0.2) is 26.3 Å². The van der Waals surface area contributed by atoms with Crippen molar-refractivity contribution in [2.75, 3.05) is 14.1 Å². The molecule has 0 N–H and O–H groups in total. The molecule has 0 atom stereocenters. The molecule has 51 valence electrons. The third kappa shape index (κ3) is 2.59. The first-order valence-corrected chi connectivity index (χ1v) is 3.23. The molecule has 0 aromatic heterocycles. The van der Waals surface area contributed by atoms with Gasteiger partial charge in [-0.2, -0.15) is 0 Å². The Bertz CT molecular complexity index is 116. The predicted molar refractivity (Wildman–Crippen MR) is 43.7 cm³/mol. The van der Waals surface area contributed by atoms with Crippen molar-refractivity contribution in [1.82, 2.24) is 4.90 Å². The molecule has 0 aromatic rings. The van der Waals surface area contributed by atoms with E-state index in [0.29, 0.717) is 0 Å². The van der Waals surface area contributed by atoms with Crippen LogP contribution in [0.5, 0.6) is 0 Å². The molecular formula is C7H15BN. The lowest BCUT2D eigenvalue weighted by Crippen LogP contribution is -2.11. The standard InChI is InChI=1S/C7H15BN/c1-6(8-3)7(2)9(4)5/h1-5H3/b7-6-. The van der Waals surface area contributed by atoms with Crippen molar-refractivity contribution in [1.29, 1.82) is 0 Å². The molecule has 0 amide bonds. The van der Waals surface area contributed by atoms with Crippen molar-refractivity contribution in [3.05, 3.63) is 11.2 Å². The van der Waals surface area contributed by atoms with E-state index in [-0.39, 0.29) is 0 Å². The minimum Gasteiger partial charge on any atom is -0.382 e. The summed E-state index contributed by atoms with van der Waals surface area (Å²) >= 11 is 0. The fourth-order valence-corrected chi connectivity index (χ4v) is 0.562. The molecule has 0 unspecified atom stereocenters. The van der Waals surface area contributed by atoms with E-state index in [1.54, 1.807) is 0 Å². The first kappa shape index (κ1) is 8.60. The van der Waals surface area contributed by atoms with Gasteiger partial charge in [-0.25, -0.2) is 0 Å². The van der Waals surface area contributed by atoms with E-state index in [1.807, 2.05) is 0 Å². The molecule has 2 heteroatoms. The van der Waals surface area contributed by atoms with Crippen LogP contribution in [0, 0.1) is 0 Å². The van der Waals surface area contributed by atoms with Gasteiger partial charge in [0.15, 0.2) is 0 Å². The lowest BCUT2D eigenvalue weighted by atomic mass is 9.72. The van der Waals surface area contributed by atoms with Gasteiger partial charge in [-0.05, 0) is 12.6 Å². The Morgan fingerprint density at radius 3 is 1.78 bits per heavy atom. The van der Waals surface area contributed by atoms with Crippen LogP contribution in [0.3, 0.4) is 0 Å². The second kappa shape index (κ2) is 3.60. The number of nitrogens with zero attached hydrogens (tertiary/aromatic N) is 1. The van der Waals surface area contributed by atoms with Crippen molar-refractivity contribution < 1.29 is 0 Å². The van der Waals surface area contributed by atoms with Crippen LogP contribution in [0.2, 0.25) is 6.82 Å². The maximum absolute atomic E-state index is 2.12. The number of hydrogen-bond donors (Lipinski definition) is 0. The molecule has 0 aliphatic rings. The maximum Gasteiger partial charge on any atom is 0.144 e. The number of hydrogen-bond acceptors (Lipinski definition) is 1. The summed E-state index contributed by atoms with van der Waals surface area (Å²) in [4.78, 5) is 2.12. The van der Waals surface area contributed by atoms with Gasteiger partial charge >= 0.3 is 0 Å². The van der Waals surface area contributed by atoms with E-state index >= 15 is 0 Å². The molecule has 0 aliphatic carbocycles. The van der Waals surface area contributed by atoms with Crippen LogP contribution in [0.4, 0.5) is 0 Å². The summed E-state index contributed by atoms with van der Waals surface area (Å²) in [6, 6.07) is 0. The molecule has 1 radical (unpaired) electrons. The zero-order valence-corrected chi connectivity index (χ0v) is 7.02. The van der Waals surface area contributed by atoms with Gasteiger partial charge in [-0.1, -0.05) is 19.2 Å². The Morgan fingerprint density at radius 1 is 1.22 bits per heavy atom. The third-order valence-corrected chi connectivity index (χ3v) is 1.67. The molecule has 0 aliphatic heterocycles. The summed E-state index contributed by atoms with van der Waals surface area (Å²) in [7, 11) is 6.24. The highest BCUT2D eigenvalue weighted by molar-refractivity contribution is 6.43. The summed E-state index contributed by atoms with van der Waals surface area (Å²) in [5.41, 5.74) is 2.68. The molecule has 0 saturated carbocycles. The van der Waals surface area contributed by atoms with Gasteiger partial charge in [0.2, 0.25) is 0 Å². The Labute approximate surface area is 59.0 Å². The second-order valence-corrected chi connectivity index (χ2v) is 2.45. The Kier molecular flexibility index (Phi) is 3.44. The normalized spacial score (nSPS) is 12.6. The van der Waals surface area contributed by atoms with Crippen molar-refractivity contribution in [3.8, 4) is 0 Å². The van der Waals surface area contributed by atoms with E-state index in [2.05, 4.69) is 46.9 Å². The van der Waals surface area contributed by atoms with Gasteiger partial charge in [0.25, 0.3) is 0 Å². The molecule has 0 spiro atoms. The Balaban J connectivity index is 4.10. The van der Waals surface area contributed by atoms with Gasteiger partial charge in [0.1, 0.15) is 7.28 Å². The van der Waals surface area contributed by atoms with E-state index in [0.717, 1.165) is 0 Å². The van der Waals surface area contributed by atoms with Crippen LogP contribution < -0.4 is 0 Å². The third-order valence-electron chi connectivity index (χ3n) is 1.67. The summed E-state index contributed by atoms with van der Waals surface area (Å²) in [6.45, 7) is 6.30. The van der Waals surface area contributed by atoms with Crippen LogP contribution in [0.1, 0.15) is 13.8 Å². The SMILES string of the molecule is C[B]/C(C)=C(/C)N(C)C. The van der Waals surface area contributed by atoms with Crippen molar-refractivity contribution >= 4 is 7.28 Å². The fraction of sp³-hybridized carbons (Fsp3) is 0.714. The van der Waals surface area contributed by atoms with Gasteiger partial charge < -0.3 is 4.90 Å². The molecule has 0 saturated heterocycles. The topological polar surface area (TPSA) is 3.24 Å². The molecule has 0 bridgehead atoms. The quantitative estimate of drug-likeness (QED) is 0.505. The van der Waals surface area contributed by atoms with Crippen LogP contribution in [-0.2, 0) is 0 Å². The minimum absolute atomic E-state index is 1.33. The number of rotatable bonds is 2. The van der Waals surface area contributed by atoms with Crippen LogP contribution >= 0.6 is 0 Å². The Morgan fingerprint density at radius 2 is 1.67 bits per heavy atom. The van der Waals surface area contributed by atoms with Crippen LogP contribution in [0.15, 0.2) is 11.2 Å². The van der Waals surface area contributed by atoms with Gasteiger partial charge in [0, 0.05) is 14.1 Å². The lowest BCUT2D eigenvalue weighted by molar-refractivity contribution is 0.510. The minimum atomic E-state index is 1.33. The molecule has 0 aromatic carbocycles. The molecule has 0 fully saturated rings. The Hall–Kier alpha value is -0.395. The molecule has 9 heavy (non-hydrogen) atoms. The summed E-state index contributed by atoms with van der Waals surface area (Å²) in [5.74, 6) is 0. The lowest BCUT2D eigenvalue weighted by Gasteiger charge is -2.15. The van der Waals surface area contributed by atoms with Crippen molar-refractivity contribution in [2.24, 2.45) is 0 Å². The van der Waals surface area contributed by atoms with E-state index in [1.165, 1.54) is 11.2 Å². The first-order valence-electron chi connectivity index (χ1n) is 3.23. The zero-order chi connectivity index (χ0) is 7.44. The number of allylic oxidation sites excluding steroid dienone is 2. The van der Waals surface area contributed by atoms with Gasteiger partial charge in [0.05, 0.1) is 0 Å². The van der Waals surface area contributed by atoms with E-state index < -0.39 is 0 Å². The second-order valence-electron chi connectivity index (χ2n) is 2.45. The average molecular weight is 124 g/mol. The maximum atomic E-state index is 2.12. The van der Waals surface area contributed by atoms with Gasteiger partial charge in [-0.3, -0.25) is 0 Å². The van der Waals surface area contributed by atoms with Crippen LogP contribution in [0.25, 0.3) is 0 Å². The smallest absolute Gasteiger partial charge is 0.144 e. The first-order chi connectivity index (χ1) is 4.09. The largest absolute Gasteiger partial charge is 0.382 e. The van der Waals surface area contributed by atoms with E-state index in [9.17, 15) is 0 Å². The van der Waals surface area contributed by atoms with Crippen molar-refractivity contribution in [3.63, 3.8) is 0 Å². The molecule has 1 nitrogen and oxygen atoms in total. The fourth-order valence-electron chi connectivity index (χ4n) is 0.562. The predicted octanol–water partition coefficient (Wildman–Crippen LogP) is 1.55. The highest BCUT2D eigenvalue weighted by Crippen LogP contribution is 2.02. The summed E-state index contributed by atoms with van der Waals surface area (Å²) in [6.07, 6.45) is 0. The summed E-state index contributed by atoms with van der Waals surface area (Å²) < 4.78 is 0. The highest BCUT2D eigenvalue weighted by Gasteiger charge is 1.94. The molecular weight excluding hydrogens is 109 g/mol. The molecule has 0 heterocycles. The summed E-state index contributed by atoms with van der Waals surface area (Å²) in [5, 5.41) is 0. The van der Waals surface area contributed by atoms with Crippen molar-refractivity contribution in [2.45, 2.75) is 20.7 Å². The average Bonchev–Trinajstić information content (AvgIpc) is 1.84. The highest BCUT2D eigenvalue weighted by atomic mass is 15.1. The van der Waals surface area contributed by atoms with E-state index in [4.69, 9.17) is 0 Å². The zero-order valence-electron chi connectivity index (χ0n) is 7.02.